The lowest BCUT2D eigenvalue weighted by Gasteiger charge is -2.06. The molecule has 0 aliphatic rings. The zero-order chi connectivity index (χ0) is 9.14. The first-order valence-electron chi connectivity index (χ1n) is 3.74. The maximum absolute atomic E-state index is 12.7. The predicted octanol–water partition coefficient (Wildman–Crippen LogP) is 3.81. The highest BCUT2D eigenvalue weighted by Crippen LogP contribution is 2.26. The molecule has 1 unspecified atom stereocenters. The van der Waals surface area contributed by atoms with Gasteiger partial charge in [-0.3, -0.25) is 0 Å². The van der Waals surface area contributed by atoms with Gasteiger partial charge in [0.15, 0.2) is 11.6 Å². The molecule has 12 heavy (non-hydrogen) atoms. The van der Waals surface area contributed by atoms with E-state index in [0.29, 0.717) is 0 Å². The lowest BCUT2D eigenvalue weighted by atomic mass is 10.1. The van der Waals surface area contributed by atoms with Crippen LogP contribution in [0.15, 0.2) is 18.2 Å². The predicted molar refractivity (Wildman–Crippen MR) is 48.3 cm³/mol. The van der Waals surface area contributed by atoms with Crippen LogP contribution in [-0.4, -0.2) is 0 Å². The highest BCUT2D eigenvalue weighted by atomic mass is 79.9. The Morgan fingerprint density at radius 1 is 1.33 bits per heavy atom. The number of rotatable bonds is 2. The molecule has 0 heterocycles. The van der Waals surface area contributed by atoms with Crippen molar-refractivity contribution in [2.45, 2.75) is 18.2 Å². The Labute approximate surface area is 78.7 Å². The van der Waals surface area contributed by atoms with Gasteiger partial charge in [0, 0.05) is 4.83 Å². The molecule has 0 saturated carbocycles. The third-order valence-corrected chi connectivity index (χ3v) is 2.84. The summed E-state index contributed by atoms with van der Waals surface area (Å²) in [6.45, 7) is 1.97. The zero-order valence-corrected chi connectivity index (χ0v) is 8.24. The van der Waals surface area contributed by atoms with Crippen molar-refractivity contribution in [2.75, 3.05) is 0 Å². The van der Waals surface area contributed by atoms with E-state index in [1.807, 2.05) is 6.92 Å². The van der Waals surface area contributed by atoms with E-state index < -0.39 is 11.6 Å². The van der Waals surface area contributed by atoms with E-state index in [1.165, 1.54) is 6.07 Å². The van der Waals surface area contributed by atoms with Crippen LogP contribution in [0.4, 0.5) is 8.78 Å². The van der Waals surface area contributed by atoms with Gasteiger partial charge in [-0.2, -0.15) is 0 Å². The van der Waals surface area contributed by atoms with Crippen molar-refractivity contribution in [1.82, 2.24) is 0 Å². The third-order valence-electron chi connectivity index (χ3n) is 1.66. The van der Waals surface area contributed by atoms with Crippen molar-refractivity contribution in [3.8, 4) is 0 Å². The van der Waals surface area contributed by atoms with Gasteiger partial charge in [0.25, 0.3) is 0 Å². The monoisotopic (exact) mass is 234 g/mol. The second-order valence-corrected chi connectivity index (χ2v) is 3.65. The molecule has 3 heteroatoms. The second kappa shape index (κ2) is 3.99. The molecule has 0 aromatic heterocycles. The molecule has 0 bridgehead atoms. The average molecular weight is 235 g/mol. The molecular weight excluding hydrogens is 226 g/mol. The van der Waals surface area contributed by atoms with E-state index in [4.69, 9.17) is 0 Å². The first-order valence-corrected chi connectivity index (χ1v) is 4.65. The van der Waals surface area contributed by atoms with Gasteiger partial charge in [-0.15, -0.1) is 0 Å². The molecule has 1 aromatic rings. The van der Waals surface area contributed by atoms with Crippen molar-refractivity contribution in [3.05, 3.63) is 35.4 Å². The van der Waals surface area contributed by atoms with Gasteiger partial charge in [0.05, 0.1) is 0 Å². The SMILES string of the molecule is CCC(Br)c1ccc(F)c(F)c1. The minimum Gasteiger partial charge on any atom is -0.204 e. The first-order chi connectivity index (χ1) is 5.65. The lowest BCUT2D eigenvalue weighted by molar-refractivity contribution is 0.507. The summed E-state index contributed by atoms with van der Waals surface area (Å²) in [6.07, 6.45) is 0.852. The maximum Gasteiger partial charge on any atom is 0.159 e. The van der Waals surface area contributed by atoms with E-state index in [-0.39, 0.29) is 4.83 Å². The second-order valence-electron chi connectivity index (χ2n) is 2.55. The van der Waals surface area contributed by atoms with Gasteiger partial charge >= 0.3 is 0 Å². The minimum absolute atomic E-state index is 0.104. The van der Waals surface area contributed by atoms with Crippen molar-refractivity contribution in [2.24, 2.45) is 0 Å². The Morgan fingerprint density at radius 2 is 2.00 bits per heavy atom. The fraction of sp³-hybridized carbons (Fsp3) is 0.333. The number of alkyl halides is 1. The van der Waals surface area contributed by atoms with Crippen LogP contribution in [0.3, 0.4) is 0 Å². The zero-order valence-electron chi connectivity index (χ0n) is 6.65. The summed E-state index contributed by atoms with van der Waals surface area (Å²) in [5.74, 6) is -1.58. The molecule has 0 nitrogen and oxygen atoms in total. The Bertz CT molecular complexity index is 273. The summed E-state index contributed by atoms with van der Waals surface area (Å²) in [6, 6.07) is 3.95. The van der Waals surface area contributed by atoms with Crippen molar-refractivity contribution >= 4 is 15.9 Å². The number of hydrogen-bond donors (Lipinski definition) is 0. The van der Waals surface area contributed by atoms with Crippen LogP contribution in [0.1, 0.15) is 23.7 Å². The normalized spacial score (nSPS) is 13.0. The molecule has 0 saturated heterocycles. The van der Waals surface area contributed by atoms with E-state index >= 15 is 0 Å². The topological polar surface area (TPSA) is 0 Å². The standard InChI is InChI=1S/C9H9BrF2/c1-2-7(10)6-3-4-8(11)9(12)5-6/h3-5,7H,2H2,1H3. The Hall–Kier alpha value is -0.440. The summed E-state index contributed by atoms with van der Waals surface area (Å²) in [5.41, 5.74) is 0.774. The average Bonchev–Trinajstić information content (AvgIpc) is 2.08. The van der Waals surface area contributed by atoms with Crippen LogP contribution < -0.4 is 0 Å². The van der Waals surface area contributed by atoms with E-state index in [0.717, 1.165) is 18.1 Å². The number of hydrogen-bond acceptors (Lipinski definition) is 0. The fourth-order valence-electron chi connectivity index (χ4n) is 0.943. The Balaban J connectivity index is 2.96. The van der Waals surface area contributed by atoms with E-state index in [2.05, 4.69) is 15.9 Å². The van der Waals surface area contributed by atoms with Crippen molar-refractivity contribution < 1.29 is 8.78 Å². The van der Waals surface area contributed by atoms with Gasteiger partial charge < -0.3 is 0 Å². The molecule has 0 N–H and O–H groups in total. The van der Waals surface area contributed by atoms with E-state index in [1.54, 1.807) is 6.07 Å². The summed E-state index contributed by atoms with van der Waals surface area (Å²) < 4.78 is 25.2. The quantitative estimate of drug-likeness (QED) is 0.683. The summed E-state index contributed by atoms with van der Waals surface area (Å²) in [5, 5.41) is 0. The molecule has 1 rings (SSSR count). The Kier molecular flexibility index (Phi) is 3.20. The van der Waals surface area contributed by atoms with Crippen LogP contribution in [0.5, 0.6) is 0 Å². The third kappa shape index (κ3) is 2.03. The van der Waals surface area contributed by atoms with Crippen LogP contribution in [-0.2, 0) is 0 Å². The van der Waals surface area contributed by atoms with Crippen LogP contribution in [0, 0.1) is 11.6 Å². The molecule has 0 fully saturated rings. The molecule has 66 valence electrons. The number of halogens is 3. The van der Waals surface area contributed by atoms with Crippen LogP contribution in [0.2, 0.25) is 0 Å². The van der Waals surface area contributed by atoms with Gasteiger partial charge in [0.2, 0.25) is 0 Å². The molecule has 0 spiro atoms. The summed E-state index contributed by atoms with van der Waals surface area (Å²) in [4.78, 5) is 0.104. The fourth-order valence-corrected chi connectivity index (χ4v) is 1.23. The molecule has 0 radical (unpaired) electrons. The van der Waals surface area contributed by atoms with Gasteiger partial charge in [-0.25, -0.2) is 8.78 Å². The minimum atomic E-state index is -0.797. The summed E-state index contributed by atoms with van der Waals surface area (Å²) >= 11 is 3.35. The Morgan fingerprint density at radius 3 is 2.50 bits per heavy atom. The van der Waals surface area contributed by atoms with E-state index in [9.17, 15) is 8.78 Å². The molecular formula is C9H9BrF2. The number of benzene rings is 1. The molecule has 0 aliphatic heterocycles. The first kappa shape index (κ1) is 9.65. The largest absolute Gasteiger partial charge is 0.204 e. The van der Waals surface area contributed by atoms with Crippen LogP contribution in [0.25, 0.3) is 0 Å². The van der Waals surface area contributed by atoms with Crippen LogP contribution >= 0.6 is 15.9 Å². The van der Waals surface area contributed by atoms with Crippen molar-refractivity contribution in [3.63, 3.8) is 0 Å². The van der Waals surface area contributed by atoms with Gasteiger partial charge in [-0.1, -0.05) is 28.9 Å². The maximum atomic E-state index is 12.7. The smallest absolute Gasteiger partial charge is 0.159 e. The van der Waals surface area contributed by atoms with Gasteiger partial charge in [-0.05, 0) is 24.1 Å². The highest BCUT2D eigenvalue weighted by Gasteiger charge is 2.07. The lowest BCUT2D eigenvalue weighted by Crippen LogP contribution is -1.91. The molecule has 0 aliphatic carbocycles. The molecule has 0 amide bonds. The highest BCUT2D eigenvalue weighted by molar-refractivity contribution is 9.09. The molecule has 1 atom stereocenters. The van der Waals surface area contributed by atoms with Crippen molar-refractivity contribution in [1.29, 1.82) is 0 Å². The van der Waals surface area contributed by atoms with Gasteiger partial charge in [0.1, 0.15) is 0 Å². The summed E-state index contributed by atoms with van der Waals surface area (Å²) in [7, 11) is 0. The molecule has 1 aromatic carbocycles.